The van der Waals surface area contributed by atoms with E-state index in [1.807, 2.05) is 30.3 Å². The minimum Gasteiger partial charge on any atom is -0.480 e. The summed E-state index contributed by atoms with van der Waals surface area (Å²) in [5.41, 5.74) is 0. The van der Waals surface area contributed by atoms with E-state index < -0.39 is 11.2 Å². The lowest BCUT2D eigenvalue weighted by Crippen LogP contribution is -2.11. The van der Waals surface area contributed by atoms with Crippen LogP contribution in [0.25, 0.3) is 10.8 Å². The van der Waals surface area contributed by atoms with Gasteiger partial charge in [0.2, 0.25) is 0 Å². The third-order valence-electron chi connectivity index (χ3n) is 2.27. The number of carbonyl (C=O) groups is 1. The minimum atomic E-state index is -0.820. The van der Waals surface area contributed by atoms with E-state index in [0.717, 1.165) is 15.8 Å². The fourth-order valence-corrected chi connectivity index (χ4v) is 2.27. The summed E-state index contributed by atoms with van der Waals surface area (Å²) in [6, 6.07) is 9.76. The molecule has 1 unspecified atom stereocenters. The Labute approximate surface area is 97.5 Å². The van der Waals surface area contributed by atoms with Crippen LogP contribution in [-0.2, 0) is 4.79 Å². The molecule has 2 aromatic rings. The second kappa shape index (κ2) is 4.53. The highest BCUT2D eigenvalue weighted by atomic mass is 32.2. The van der Waals surface area contributed by atoms with Gasteiger partial charge in [-0.2, -0.15) is 0 Å². The van der Waals surface area contributed by atoms with Crippen LogP contribution in [0.5, 0.6) is 0 Å². The summed E-state index contributed by atoms with van der Waals surface area (Å²) >= 11 is 1.27. The number of pyridine rings is 1. The number of carboxylic acids is 1. The Hall–Kier alpha value is -1.55. The molecule has 16 heavy (non-hydrogen) atoms. The van der Waals surface area contributed by atoms with Crippen LogP contribution < -0.4 is 0 Å². The molecule has 1 N–H and O–H groups in total. The summed E-state index contributed by atoms with van der Waals surface area (Å²) in [6.45, 7) is 1.66. The van der Waals surface area contributed by atoms with Gasteiger partial charge in [0.15, 0.2) is 0 Å². The summed E-state index contributed by atoms with van der Waals surface area (Å²) in [4.78, 5) is 15.0. The zero-order chi connectivity index (χ0) is 11.5. The van der Waals surface area contributed by atoms with Gasteiger partial charge < -0.3 is 5.11 Å². The number of benzene rings is 1. The maximum atomic E-state index is 10.8. The first kappa shape index (κ1) is 11.0. The number of aromatic nitrogens is 1. The van der Waals surface area contributed by atoms with Gasteiger partial charge in [0.25, 0.3) is 0 Å². The lowest BCUT2D eigenvalue weighted by molar-refractivity contribution is -0.136. The highest BCUT2D eigenvalue weighted by molar-refractivity contribution is 8.00. The molecule has 0 radical (unpaired) electrons. The van der Waals surface area contributed by atoms with Crippen LogP contribution in [0.1, 0.15) is 6.92 Å². The van der Waals surface area contributed by atoms with Gasteiger partial charge >= 0.3 is 5.97 Å². The van der Waals surface area contributed by atoms with Gasteiger partial charge in [-0.3, -0.25) is 4.79 Å². The molecule has 0 bridgehead atoms. The number of rotatable bonds is 3. The van der Waals surface area contributed by atoms with E-state index in [4.69, 9.17) is 5.11 Å². The Balaban J connectivity index is 2.41. The van der Waals surface area contributed by atoms with Crippen molar-refractivity contribution in [2.24, 2.45) is 0 Å². The molecule has 4 heteroatoms. The molecule has 2 rings (SSSR count). The predicted molar refractivity (Wildman–Crippen MR) is 64.7 cm³/mol. The summed E-state index contributed by atoms with van der Waals surface area (Å²) in [5.74, 6) is -0.820. The van der Waals surface area contributed by atoms with Gasteiger partial charge in [-0.1, -0.05) is 36.0 Å². The van der Waals surface area contributed by atoms with Crippen molar-refractivity contribution in [2.45, 2.75) is 17.2 Å². The molecule has 3 nitrogen and oxygen atoms in total. The molecule has 0 amide bonds. The van der Waals surface area contributed by atoms with E-state index in [1.54, 1.807) is 13.1 Å². The van der Waals surface area contributed by atoms with E-state index in [1.165, 1.54) is 11.8 Å². The highest BCUT2D eigenvalue weighted by Gasteiger charge is 2.14. The van der Waals surface area contributed by atoms with Crippen molar-refractivity contribution in [3.63, 3.8) is 0 Å². The van der Waals surface area contributed by atoms with Gasteiger partial charge in [-0.25, -0.2) is 4.98 Å². The van der Waals surface area contributed by atoms with E-state index in [9.17, 15) is 4.79 Å². The molecule has 0 fully saturated rings. The number of thioether (sulfide) groups is 1. The van der Waals surface area contributed by atoms with Gasteiger partial charge in [0.1, 0.15) is 10.3 Å². The van der Waals surface area contributed by atoms with Crippen molar-refractivity contribution in [1.82, 2.24) is 4.98 Å². The predicted octanol–water partition coefficient (Wildman–Crippen LogP) is 2.80. The number of nitrogens with zero attached hydrogens (tertiary/aromatic N) is 1. The molecule has 82 valence electrons. The van der Waals surface area contributed by atoms with Gasteiger partial charge in [-0.05, 0) is 18.4 Å². The van der Waals surface area contributed by atoms with E-state index in [-0.39, 0.29) is 0 Å². The molecular formula is C12H11NO2S. The SMILES string of the molecule is CC(Sc1nccc2ccccc12)C(=O)O. The van der Waals surface area contributed by atoms with Crippen molar-refractivity contribution < 1.29 is 9.90 Å². The molecule has 1 aromatic heterocycles. The zero-order valence-electron chi connectivity index (χ0n) is 8.75. The number of hydrogen-bond acceptors (Lipinski definition) is 3. The molecular weight excluding hydrogens is 222 g/mol. The van der Waals surface area contributed by atoms with Gasteiger partial charge in [0.05, 0.1) is 0 Å². The van der Waals surface area contributed by atoms with Crippen LogP contribution in [0, 0.1) is 0 Å². The second-order valence-corrected chi connectivity index (χ2v) is 4.77. The molecule has 0 spiro atoms. The van der Waals surface area contributed by atoms with Crippen LogP contribution in [-0.4, -0.2) is 21.3 Å². The number of aliphatic carboxylic acids is 1. The summed E-state index contributed by atoms with van der Waals surface area (Å²) in [6.07, 6.45) is 1.71. The van der Waals surface area contributed by atoms with Crippen LogP contribution in [0.2, 0.25) is 0 Å². The summed E-state index contributed by atoms with van der Waals surface area (Å²) < 4.78 is 0. The Morgan fingerprint density at radius 2 is 2.12 bits per heavy atom. The average Bonchev–Trinajstić information content (AvgIpc) is 2.29. The fourth-order valence-electron chi connectivity index (χ4n) is 1.40. The lowest BCUT2D eigenvalue weighted by atomic mass is 10.2. The molecule has 0 aliphatic carbocycles. The summed E-state index contributed by atoms with van der Waals surface area (Å²) in [7, 11) is 0. The third-order valence-corrected chi connectivity index (χ3v) is 3.38. The Kier molecular flexibility index (Phi) is 3.10. The number of carboxylic acid groups (broad SMARTS) is 1. The number of hydrogen-bond donors (Lipinski definition) is 1. The van der Waals surface area contributed by atoms with Crippen molar-refractivity contribution >= 4 is 28.5 Å². The first-order valence-corrected chi connectivity index (χ1v) is 5.79. The minimum absolute atomic E-state index is 0.488. The monoisotopic (exact) mass is 233 g/mol. The summed E-state index contributed by atoms with van der Waals surface area (Å²) in [5, 5.41) is 11.2. The average molecular weight is 233 g/mol. The molecule has 0 saturated carbocycles. The van der Waals surface area contributed by atoms with Crippen molar-refractivity contribution in [3.05, 3.63) is 36.5 Å². The van der Waals surface area contributed by atoms with Crippen molar-refractivity contribution in [2.75, 3.05) is 0 Å². The first-order valence-electron chi connectivity index (χ1n) is 4.91. The van der Waals surface area contributed by atoms with Crippen LogP contribution in [0.15, 0.2) is 41.6 Å². The first-order chi connectivity index (χ1) is 7.68. The van der Waals surface area contributed by atoms with Crippen molar-refractivity contribution in [3.8, 4) is 0 Å². The van der Waals surface area contributed by atoms with Crippen molar-refractivity contribution in [1.29, 1.82) is 0 Å². The maximum Gasteiger partial charge on any atom is 0.316 e. The number of fused-ring (bicyclic) bond motifs is 1. The highest BCUT2D eigenvalue weighted by Crippen LogP contribution is 2.28. The molecule has 1 aromatic carbocycles. The quantitative estimate of drug-likeness (QED) is 0.828. The smallest absolute Gasteiger partial charge is 0.316 e. The Morgan fingerprint density at radius 3 is 2.88 bits per heavy atom. The van der Waals surface area contributed by atoms with Gasteiger partial charge in [-0.15, -0.1) is 0 Å². The Bertz CT molecular complexity index is 522. The molecule has 1 heterocycles. The van der Waals surface area contributed by atoms with E-state index >= 15 is 0 Å². The Morgan fingerprint density at radius 1 is 1.38 bits per heavy atom. The third kappa shape index (κ3) is 2.17. The molecule has 1 atom stereocenters. The molecule has 0 saturated heterocycles. The standard InChI is InChI=1S/C12H11NO2S/c1-8(12(14)15)16-11-10-5-3-2-4-9(10)6-7-13-11/h2-8H,1H3,(H,14,15). The fraction of sp³-hybridized carbons (Fsp3) is 0.167. The maximum absolute atomic E-state index is 10.8. The second-order valence-electron chi connectivity index (χ2n) is 3.44. The molecule has 0 aliphatic heterocycles. The molecule has 0 aliphatic rings. The van der Waals surface area contributed by atoms with Crippen LogP contribution >= 0.6 is 11.8 Å². The van der Waals surface area contributed by atoms with E-state index in [0.29, 0.717) is 0 Å². The topological polar surface area (TPSA) is 50.2 Å². The lowest BCUT2D eigenvalue weighted by Gasteiger charge is -2.07. The van der Waals surface area contributed by atoms with E-state index in [2.05, 4.69) is 4.98 Å². The largest absolute Gasteiger partial charge is 0.480 e. The van der Waals surface area contributed by atoms with Crippen LogP contribution in [0.4, 0.5) is 0 Å². The zero-order valence-corrected chi connectivity index (χ0v) is 9.57. The van der Waals surface area contributed by atoms with Gasteiger partial charge in [0, 0.05) is 11.6 Å². The normalized spacial score (nSPS) is 12.6. The van der Waals surface area contributed by atoms with Crippen LogP contribution in [0.3, 0.4) is 0 Å².